The third-order valence-electron chi connectivity index (χ3n) is 11.1. The van der Waals surface area contributed by atoms with E-state index in [1.807, 2.05) is 91.9 Å². The molecular formula is C41H32N4O4. The Morgan fingerprint density at radius 1 is 0.837 bits per heavy atom. The van der Waals surface area contributed by atoms with Gasteiger partial charge in [-0.3, -0.25) is 24.3 Å². The van der Waals surface area contributed by atoms with Crippen LogP contribution in [0.15, 0.2) is 138 Å². The molecule has 1 unspecified atom stereocenters. The average molecular weight is 645 g/mol. The molecule has 1 spiro atoms. The molecule has 1 aromatic heterocycles. The number of hydrogen-bond acceptors (Lipinski definition) is 5. The number of aromatic nitrogens is 2. The van der Waals surface area contributed by atoms with Gasteiger partial charge in [0.25, 0.3) is 5.56 Å². The summed E-state index contributed by atoms with van der Waals surface area (Å²) in [5.74, 6) is -1.35. The van der Waals surface area contributed by atoms with Crippen LogP contribution in [0.4, 0.5) is 0 Å². The summed E-state index contributed by atoms with van der Waals surface area (Å²) < 4.78 is 1.72. The molecule has 3 heterocycles. The highest BCUT2D eigenvalue weighted by Crippen LogP contribution is 2.86. The number of aryl methyl sites for hydroxylation is 1. The molecule has 2 fully saturated rings. The Balaban J connectivity index is 1.49. The molecule has 1 saturated heterocycles. The van der Waals surface area contributed by atoms with Crippen molar-refractivity contribution in [2.45, 2.75) is 35.3 Å². The summed E-state index contributed by atoms with van der Waals surface area (Å²) in [6, 6.07) is 43.0. The Morgan fingerprint density at radius 2 is 1.47 bits per heavy atom. The molecule has 5 atom stereocenters. The summed E-state index contributed by atoms with van der Waals surface area (Å²) in [6.45, 7) is 1.49. The number of carboxylic acids is 1. The van der Waals surface area contributed by atoms with Crippen molar-refractivity contribution in [2.24, 2.45) is 0 Å². The molecule has 8 nitrogen and oxygen atoms in total. The Hall–Kier alpha value is -5.86. The first-order chi connectivity index (χ1) is 23.9. The minimum absolute atomic E-state index is 0.186. The zero-order valence-electron chi connectivity index (χ0n) is 26.6. The maximum absolute atomic E-state index is 14.7. The number of aliphatic carboxylic acids is 1. The van der Waals surface area contributed by atoms with Crippen molar-refractivity contribution >= 4 is 22.8 Å². The van der Waals surface area contributed by atoms with Gasteiger partial charge in [0, 0.05) is 22.3 Å². The molecule has 0 radical (unpaired) electrons. The second-order valence-corrected chi connectivity index (χ2v) is 13.3. The van der Waals surface area contributed by atoms with Crippen LogP contribution >= 0.6 is 0 Å². The van der Waals surface area contributed by atoms with Crippen LogP contribution in [0.2, 0.25) is 0 Å². The summed E-state index contributed by atoms with van der Waals surface area (Å²) in [6.07, 6.45) is 0. The minimum Gasteiger partial charge on any atom is -0.480 e. The molecule has 6 aromatic rings. The highest BCUT2D eigenvalue weighted by molar-refractivity contribution is 5.93. The number of carboxylic acid groups (broad SMARTS) is 1. The fourth-order valence-corrected chi connectivity index (χ4v) is 9.56. The van der Waals surface area contributed by atoms with Gasteiger partial charge in [-0.05, 0) is 41.8 Å². The standard InChI is InChI=1S/C41H32N4O4/c1-25-21-22-32-30(23-25)41(38-43-31-20-12-11-19-29(31)37(49)45(32)38)40(28-17-9-4-10-18-28)34(26-13-5-2-6-14-26)39(40,27-15-7-3-8-16-27)35(44-41)36(48)42-24-33(46)47/h2-23,34-35,44H,24H2,1H3,(H,42,48)(H,46,47)/t34-,35+,39+,40+,41?/m1/s1. The Labute approximate surface area is 282 Å². The number of para-hydroxylation sites is 1. The van der Waals surface area contributed by atoms with Gasteiger partial charge in [-0.15, -0.1) is 0 Å². The summed E-state index contributed by atoms with van der Waals surface area (Å²) in [4.78, 5) is 46.5. The lowest BCUT2D eigenvalue weighted by Crippen LogP contribution is -2.56. The van der Waals surface area contributed by atoms with Gasteiger partial charge in [0.2, 0.25) is 5.91 Å². The number of nitrogens with one attached hydrogen (secondary N) is 2. The predicted octanol–water partition coefficient (Wildman–Crippen LogP) is 5.10. The number of benzene rings is 5. The number of carbonyl (C=O) groups excluding carboxylic acids is 1. The number of rotatable bonds is 6. The monoisotopic (exact) mass is 644 g/mol. The minimum atomic E-state index is -1.21. The highest BCUT2D eigenvalue weighted by atomic mass is 16.4. The first kappa shape index (κ1) is 29.3. The molecule has 3 aliphatic rings. The average Bonchev–Trinajstić information content (AvgIpc) is 3.57. The van der Waals surface area contributed by atoms with E-state index in [2.05, 4.69) is 53.1 Å². The van der Waals surface area contributed by atoms with Crippen molar-refractivity contribution in [3.63, 3.8) is 0 Å². The van der Waals surface area contributed by atoms with Crippen molar-refractivity contribution in [1.82, 2.24) is 20.2 Å². The van der Waals surface area contributed by atoms with E-state index in [0.29, 0.717) is 22.4 Å². The molecule has 3 N–H and O–H groups in total. The van der Waals surface area contributed by atoms with Crippen LogP contribution in [0.5, 0.6) is 0 Å². The van der Waals surface area contributed by atoms with E-state index in [-0.39, 0.29) is 11.5 Å². The number of amides is 1. The predicted molar refractivity (Wildman–Crippen MR) is 186 cm³/mol. The van der Waals surface area contributed by atoms with Crippen molar-refractivity contribution in [2.75, 3.05) is 6.54 Å². The summed E-state index contributed by atoms with van der Waals surface area (Å²) in [5.41, 5.74) is 2.81. The normalized spacial score (nSPS) is 25.8. The number of fused-ring (bicyclic) bond motifs is 8. The van der Waals surface area contributed by atoms with Gasteiger partial charge in [0.15, 0.2) is 0 Å². The zero-order chi connectivity index (χ0) is 33.5. The molecule has 9 rings (SSSR count). The van der Waals surface area contributed by atoms with Crippen LogP contribution in [0.3, 0.4) is 0 Å². The summed E-state index contributed by atoms with van der Waals surface area (Å²) in [7, 11) is 0. The number of carbonyl (C=O) groups is 2. The van der Waals surface area contributed by atoms with Gasteiger partial charge >= 0.3 is 5.97 Å². The van der Waals surface area contributed by atoms with Gasteiger partial charge in [0.05, 0.1) is 22.6 Å². The smallest absolute Gasteiger partial charge is 0.322 e. The van der Waals surface area contributed by atoms with E-state index < -0.39 is 40.8 Å². The van der Waals surface area contributed by atoms with Crippen LogP contribution in [0, 0.1) is 6.92 Å². The van der Waals surface area contributed by atoms with Crippen LogP contribution in [-0.4, -0.2) is 39.1 Å². The van der Waals surface area contributed by atoms with Crippen LogP contribution in [-0.2, 0) is 26.0 Å². The summed E-state index contributed by atoms with van der Waals surface area (Å²) in [5, 5.41) is 16.8. The van der Waals surface area contributed by atoms with Crippen molar-refractivity contribution in [3.05, 3.63) is 177 Å². The molecule has 5 aromatic carbocycles. The van der Waals surface area contributed by atoms with Gasteiger partial charge in [-0.25, -0.2) is 4.98 Å². The van der Waals surface area contributed by atoms with Crippen molar-refractivity contribution in [1.29, 1.82) is 0 Å². The molecule has 1 saturated carbocycles. The van der Waals surface area contributed by atoms with E-state index >= 15 is 0 Å². The van der Waals surface area contributed by atoms with E-state index in [9.17, 15) is 19.5 Å². The molecule has 49 heavy (non-hydrogen) atoms. The van der Waals surface area contributed by atoms with Crippen molar-refractivity contribution in [3.8, 4) is 5.69 Å². The first-order valence-corrected chi connectivity index (χ1v) is 16.4. The lowest BCUT2D eigenvalue weighted by Gasteiger charge is -2.38. The lowest BCUT2D eigenvalue weighted by molar-refractivity contribution is -0.138. The zero-order valence-corrected chi connectivity index (χ0v) is 26.6. The molecule has 1 aliphatic carbocycles. The van der Waals surface area contributed by atoms with Gasteiger partial charge in [0.1, 0.15) is 17.9 Å². The summed E-state index contributed by atoms with van der Waals surface area (Å²) >= 11 is 0. The Morgan fingerprint density at radius 3 is 2.16 bits per heavy atom. The van der Waals surface area contributed by atoms with Crippen molar-refractivity contribution < 1.29 is 14.7 Å². The molecule has 0 bridgehead atoms. The van der Waals surface area contributed by atoms with E-state index in [4.69, 9.17) is 4.98 Å². The van der Waals surface area contributed by atoms with Crippen LogP contribution in [0.25, 0.3) is 16.6 Å². The maximum Gasteiger partial charge on any atom is 0.322 e. The number of nitrogens with zero attached hydrogens (tertiary/aromatic N) is 2. The molecule has 1 amide bonds. The van der Waals surface area contributed by atoms with E-state index in [1.54, 1.807) is 10.6 Å². The molecular weight excluding hydrogens is 612 g/mol. The SMILES string of the molecule is Cc1ccc2c(c1)C1(N[C@@H](C(=O)NCC(=O)O)[C@]3(c4ccccc4)[C@@H](c4ccccc4)[C@]13c1ccccc1)c1nc3ccccc3c(=O)n1-2. The Bertz CT molecular complexity index is 2380. The third kappa shape index (κ3) is 3.56. The maximum atomic E-state index is 14.7. The Kier molecular flexibility index (Phi) is 6.17. The fourth-order valence-electron chi connectivity index (χ4n) is 9.56. The van der Waals surface area contributed by atoms with E-state index in [1.165, 1.54) is 0 Å². The quantitative estimate of drug-likeness (QED) is 0.233. The number of piperidine rings is 1. The lowest BCUT2D eigenvalue weighted by atomic mass is 9.68. The second kappa shape index (κ2) is 10.3. The topological polar surface area (TPSA) is 113 Å². The van der Waals surface area contributed by atoms with E-state index in [0.717, 1.165) is 27.8 Å². The second-order valence-electron chi connectivity index (χ2n) is 13.3. The third-order valence-corrected chi connectivity index (χ3v) is 11.1. The highest BCUT2D eigenvalue weighted by Gasteiger charge is 2.93. The van der Waals surface area contributed by atoms with Gasteiger partial charge in [-0.1, -0.05) is 121 Å². The molecule has 8 heteroatoms. The van der Waals surface area contributed by atoms with Crippen LogP contribution in [0.1, 0.15) is 39.6 Å². The number of hydrogen-bond donors (Lipinski definition) is 3. The van der Waals surface area contributed by atoms with Gasteiger partial charge in [-0.2, -0.15) is 0 Å². The first-order valence-electron chi connectivity index (χ1n) is 16.4. The largest absolute Gasteiger partial charge is 0.480 e. The fraction of sp³-hybridized carbons (Fsp3) is 0.171. The molecule has 240 valence electrons. The van der Waals surface area contributed by atoms with Gasteiger partial charge < -0.3 is 10.4 Å². The molecule has 2 aliphatic heterocycles. The van der Waals surface area contributed by atoms with Crippen LogP contribution < -0.4 is 16.2 Å².